The van der Waals surface area contributed by atoms with Crippen LogP contribution in [0.15, 0.2) is 16.9 Å². The summed E-state index contributed by atoms with van der Waals surface area (Å²) >= 11 is 0. The van der Waals surface area contributed by atoms with E-state index in [-0.39, 0.29) is 5.91 Å². The van der Waals surface area contributed by atoms with Gasteiger partial charge >= 0.3 is 0 Å². The Balaban J connectivity index is 1.45. The Morgan fingerprint density at radius 2 is 1.70 bits per heavy atom. The highest BCUT2D eigenvalue weighted by Crippen LogP contribution is 2.20. The van der Waals surface area contributed by atoms with Crippen LogP contribution in [0.3, 0.4) is 0 Å². The second kappa shape index (κ2) is 7.89. The highest BCUT2D eigenvalue weighted by atomic mass is 16.5. The molecule has 1 saturated heterocycles. The Morgan fingerprint density at radius 3 is 2.30 bits per heavy atom. The number of carbonyl (C=O) groups is 1. The zero-order valence-corrected chi connectivity index (χ0v) is 18.1. The predicted molar refractivity (Wildman–Crippen MR) is 112 cm³/mol. The van der Waals surface area contributed by atoms with Crippen molar-refractivity contribution in [2.75, 3.05) is 31.1 Å². The van der Waals surface area contributed by atoms with Gasteiger partial charge in [0.1, 0.15) is 29.5 Å². The van der Waals surface area contributed by atoms with Crippen molar-refractivity contribution in [3.05, 3.63) is 46.6 Å². The standard InChI is InChI=1S/C21H27N7O2/c1-13-15(3)28(12-22-13)20-11-19(23-17(5)24-20)26-6-8-27(9-7-26)21(29)10-18-14(2)25-30-16(18)4/h11-12H,6-10H2,1-5H3. The zero-order valence-electron chi connectivity index (χ0n) is 18.1. The molecule has 30 heavy (non-hydrogen) atoms. The monoisotopic (exact) mass is 409 g/mol. The summed E-state index contributed by atoms with van der Waals surface area (Å²) in [5.74, 6) is 3.22. The zero-order chi connectivity index (χ0) is 21.4. The Hall–Kier alpha value is -3.23. The smallest absolute Gasteiger partial charge is 0.227 e. The molecule has 0 radical (unpaired) electrons. The normalized spacial score (nSPS) is 14.4. The van der Waals surface area contributed by atoms with Crippen molar-refractivity contribution in [1.29, 1.82) is 0 Å². The van der Waals surface area contributed by atoms with Crippen molar-refractivity contribution in [1.82, 2.24) is 29.6 Å². The summed E-state index contributed by atoms with van der Waals surface area (Å²) < 4.78 is 7.16. The minimum absolute atomic E-state index is 0.105. The second-order valence-corrected chi connectivity index (χ2v) is 7.76. The van der Waals surface area contributed by atoms with Gasteiger partial charge in [0.2, 0.25) is 5.91 Å². The lowest BCUT2D eigenvalue weighted by Gasteiger charge is -2.35. The van der Waals surface area contributed by atoms with Gasteiger partial charge in [-0.15, -0.1) is 0 Å². The number of anilines is 1. The van der Waals surface area contributed by atoms with Gasteiger partial charge in [0.25, 0.3) is 0 Å². The lowest BCUT2D eigenvalue weighted by Crippen LogP contribution is -2.49. The Morgan fingerprint density at radius 1 is 1.00 bits per heavy atom. The molecule has 4 rings (SSSR count). The van der Waals surface area contributed by atoms with Gasteiger partial charge in [0, 0.05) is 43.5 Å². The molecule has 9 heteroatoms. The maximum Gasteiger partial charge on any atom is 0.227 e. The average Bonchev–Trinajstić information content (AvgIpc) is 3.23. The number of rotatable bonds is 4. The van der Waals surface area contributed by atoms with Crippen LogP contribution in [0.25, 0.3) is 5.82 Å². The summed E-state index contributed by atoms with van der Waals surface area (Å²) in [6.07, 6.45) is 2.12. The first-order valence-electron chi connectivity index (χ1n) is 10.1. The number of hydrogen-bond donors (Lipinski definition) is 0. The van der Waals surface area contributed by atoms with Gasteiger partial charge in [-0.1, -0.05) is 5.16 Å². The van der Waals surface area contributed by atoms with Crippen molar-refractivity contribution in [3.8, 4) is 5.82 Å². The topological polar surface area (TPSA) is 93.2 Å². The number of imidazole rings is 1. The SMILES string of the molecule is Cc1nc(N2CCN(C(=O)Cc3c(C)noc3C)CC2)cc(-n2cnc(C)c2C)n1. The molecule has 0 aromatic carbocycles. The third-order valence-corrected chi connectivity index (χ3v) is 5.78. The van der Waals surface area contributed by atoms with E-state index < -0.39 is 0 Å². The van der Waals surface area contributed by atoms with Crippen LogP contribution in [0.4, 0.5) is 5.82 Å². The van der Waals surface area contributed by atoms with Crippen LogP contribution in [0.5, 0.6) is 0 Å². The fraction of sp³-hybridized carbons (Fsp3) is 0.476. The molecule has 0 aliphatic carbocycles. The second-order valence-electron chi connectivity index (χ2n) is 7.76. The van der Waals surface area contributed by atoms with E-state index in [0.29, 0.717) is 31.1 Å². The van der Waals surface area contributed by atoms with Gasteiger partial charge in [-0.05, 0) is 34.6 Å². The number of aromatic nitrogens is 5. The molecule has 1 amide bonds. The van der Waals surface area contributed by atoms with Gasteiger partial charge in [0.05, 0.1) is 17.8 Å². The van der Waals surface area contributed by atoms with Gasteiger partial charge in [-0.3, -0.25) is 9.36 Å². The lowest BCUT2D eigenvalue weighted by molar-refractivity contribution is -0.130. The van der Waals surface area contributed by atoms with Crippen LogP contribution in [-0.4, -0.2) is 61.7 Å². The number of nitrogens with zero attached hydrogens (tertiary/aromatic N) is 7. The van der Waals surface area contributed by atoms with Crippen LogP contribution >= 0.6 is 0 Å². The third-order valence-electron chi connectivity index (χ3n) is 5.78. The molecular formula is C21H27N7O2. The number of piperazine rings is 1. The van der Waals surface area contributed by atoms with Crippen LogP contribution in [0.2, 0.25) is 0 Å². The quantitative estimate of drug-likeness (QED) is 0.651. The van der Waals surface area contributed by atoms with E-state index in [4.69, 9.17) is 4.52 Å². The molecule has 0 saturated carbocycles. The molecule has 9 nitrogen and oxygen atoms in total. The Labute approximate surface area is 175 Å². The number of aryl methyl sites for hydroxylation is 4. The fourth-order valence-corrected chi connectivity index (χ4v) is 3.75. The van der Waals surface area contributed by atoms with Crippen LogP contribution in [0.1, 0.15) is 34.2 Å². The van der Waals surface area contributed by atoms with E-state index >= 15 is 0 Å². The maximum atomic E-state index is 12.7. The fourth-order valence-electron chi connectivity index (χ4n) is 3.75. The van der Waals surface area contributed by atoms with Crippen molar-refractivity contribution < 1.29 is 9.32 Å². The van der Waals surface area contributed by atoms with Crippen molar-refractivity contribution in [3.63, 3.8) is 0 Å². The van der Waals surface area contributed by atoms with Crippen LogP contribution < -0.4 is 4.90 Å². The number of hydrogen-bond acceptors (Lipinski definition) is 7. The molecule has 1 aliphatic rings. The third kappa shape index (κ3) is 3.79. The largest absolute Gasteiger partial charge is 0.361 e. The van der Waals surface area contributed by atoms with E-state index in [1.807, 2.05) is 50.2 Å². The highest BCUT2D eigenvalue weighted by Gasteiger charge is 2.24. The number of carbonyl (C=O) groups excluding carboxylic acids is 1. The summed E-state index contributed by atoms with van der Waals surface area (Å²) in [4.78, 5) is 30.4. The molecule has 0 unspecified atom stereocenters. The first-order chi connectivity index (χ1) is 14.3. The molecule has 0 N–H and O–H groups in total. The van der Waals surface area contributed by atoms with Gasteiger partial charge < -0.3 is 14.3 Å². The van der Waals surface area contributed by atoms with Crippen molar-refractivity contribution in [2.45, 2.75) is 41.0 Å². The van der Waals surface area contributed by atoms with Crippen molar-refractivity contribution >= 4 is 11.7 Å². The molecule has 1 fully saturated rings. The van der Waals surface area contributed by atoms with Crippen LogP contribution in [-0.2, 0) is 11.2 Å². The van der Waals surface area contributed by atoms with Crippen molar-refractivity contribution in [2.24, 2.45) is 0 Å². The molecule has 0 spiro atoms. The molecule has 0 atom stereocenters. The average molecular weight is 409 g/mol. The van der Waals surface area contributed by atoms with E-state index in [2.05, 4.69) is 25.0 Å². The summed E-state index contributed by atoms with van der Waals surface area (Å²) in [6.45, 7) is 12.4. The van der Waals surface area contributed by atoms with E-state index in [0.717, 1.165) is 47.4 Å². The Kier molecular flexibility index (Phi) is 5.27. The molecular weight excluding hydrogens is 382 g/mol. The van der Waals surface area contributed by atoms with E-state index in [9.17, 15) is 4.79 Å². The summed E-state index contributed by atoms with van der Waals surface area (Å²) in [6, 6.07) is 1.99. The Bertz CT molecular complexity index is 1060. The van der Waals surface area contributed by atoms with Gasteiger partial charge in [-0.2, -0.15) is 0 Å². The number of amides is 1. The van der Waals surface area contributed by atoms with Crippen LogP contribution in [0, 0.1) is 34.6 Å². The summed E-state index contributed by atoms with van der Waals surface area (Å²) in [5.41, 5.74) is 3.73. The molecule has 158 valence electrons. The summed E-state index contributed by atoms with van der Waals surface area (Å²) in [5, 5.41) is 3.94. The first kappa shape index (κ1) is 20.1. The minimum Gasteiger partial charge on any atom is -0.361 e. The molecule has 0 bridgehead atoms. The predicted octanol–water partition coefficient (Wildman–Crippen LogP) is 2.08. The lowest BCUT2D eigenvalue weighted by atomic mass is 10.1. The maximum absolute atomic E-state index is 12.7. The van der Waals surface area contributed by atoms with E-state index in [1.54, 1.807) is 6.33 Å². The molecule has 3 aromatic heterocycles. The van der Waals surface area contributed by atoms with Gasteiger partial charge in [-0.25, -0.2) is 15.0 Å². The molecule has 3 aromatic rings. The minimum atomic E-state index is 0.105. The van der Waals surface area contributed by atoms with Gasteiger partial charge in [0.15, 0.2) is 0 Å². The molecule has 1 aliphatic heterocycles. The summed E-state index contributed by atoms with van der Waals surface area (Å²) in [7, 11) is 0. The highest BCUT2D eigenvalue weighted by molar-refractivity contribution is 5.79. The first-order valence-corrected chi connectivity index (χ1v) is 10.1. The van der Waals surface area contributed by atoms with E-state index in [1.165, 1.54) is 0 Å². The molecule has 4 heterocycles.